The Balaban J connectivity index is 1.35. The second-order valence-electron chi connectivity index (χ2n) is 9.12. The Kier molecular flexibility index (Phi) is 7.79. The second kappa shape index (κ2) is 11.8. The Hall–Kier alpha value is -5.76. The molecule has 2 heterocycles. The summed E-state index contributed by atoms with van der Waals surface area (Å²) in [5.74, 6) is -3.88. The fraction of sp³-hybridized carbons (Fsp3) is 0.0741. The first-order valence-corrected chi connectivity index (χ1v) is 12.7. The van der Waals surface area contributed by atoms with Crippen molar-refractivity contribution in [3.63, 3.8) is 0 Å². The van der Waals surface area contributed by atoms with E-state index in [9.17, 15) is 24.3 Å². The van der Waals surface area contributed by atoms with Gasteiger partial charge >= 0.3 is 17.8 Å². The maximum Gasteiger partial charge on any atom is 0.352 e. The van der Waals surface area contributed by atoms with Gasteiger partial charge in [0.05, 0.1) is 11.4 Å². The highest BCUT2D eigenvalue weighted by molar-refractivity contribution is 6.40. The van der Waals surface area contributed by atoms with Crippen molar-refractivity contribution in [3.8, 4) is 5.69 Å². The molecule has 14 nitrogen and oxygen atoms in total. The number of tetrazole rings is 1. The van der Waals surface area contributed by atoms with Gasteiger partial charge in [0.15, 0.2) is 0 Å². The standard InChI is InChI=1S/C27H22ClN9O5/c28-16-3-8-23(37-13-30-35-36-37)20(12-16)33-25(39)26(40)34-21(9-14-1-4-17(29)5-2-14)24(38)31-18-6-7-19-15(10-18)11-22(32-19)27(41)42/h1-8,10-13,21,32H,9,29H2,(H,31,38)(H,33,39)(H,34,40)(H,41,42)/t21-/m0/s1. The zero-order valence-corrected chi connectivity index (χ0v) is 22.3. The third-order valence-electron chi connectivity index (χ3n) is 6.17. The van der Waals surface area contributed by atoms with Crippen LogP contribution >= 0.6 is 11.6 Å². The van der Waals surface area contributed by atoms with Crippen LogP contribution in [-0.2, 0) is 20.8 Å². The number of anilines is 3. The van der Waals surface area contributed by atoms with Gasteiger partial charge in [-0.05, 0) is 70.6 Å². The van der Waals surface area contributed by atoms with Gasteiger partial charge in [0.1, 0.15) is 18.1 Å². The molecule has 0 saturated heterocycles. The number of nitrogens with two attached hydrogens (primary N) is 1. The zero-order chi connectivity index (χ0) is 29.8. The number of carboxylic acids is 1. The van der Waals surface area contributed by atoms with Crippen molar-refractivity contribution in [3.05, 3.63) is 89.3 Å². The average Bonchev–Trinajstić information content (AvgIpc) is 3.64. The number of aromatic amines is 1. The summed E-state index contributed by atoms with van der Waals surface area (Å²) in [6.07, 6.45) is 1.34. The lowest BCUT2D eigenvalue weighted by atomic mass is 10.0. The Labute approximate surface area is 241 Å². The number of hydrogen-bond donors (Lipinski definition) is 6. The fourth-order valence-corrected chi connectivity index (χ4v) is 4.31. The van der Waals surface area contributed by atoms with E-state index in [0.29, 0.717) is 33.5 Å². The maximum atomic E-state index is 13.4. The molecule has 0 saturated carbocycles. The van der Waals surface area contributed by atoms with Crippen LogP contribution in [0.25, 0.3) is 16.6 Å². The Morgan fingerprint density at radius 1 is 0.976 bits per heavy atom. The van der Waals surface area contributed by atoms with E-state index in [-0.39, 0.29) is 22.8 Å². The number of nitrogens with zero attached hydrogens (tertiary/aromatic N) is 4. The molecule has 0 spiro atoms. The van der Waals surface area contributed by atoms with Gasteiger partial charge in [-0.3, -0.25) is 14.4 Å². The lowest BCUT2D eigenvalue weighted by Crippen LogP contribution is -2.49. The monoisotopic (exact) mass is 587 g/mol. The fourth-order valence-electron chi connectivity index (χ4n) is 4.14. The van der Waals surface area contributed by atoms with E-state index in [2.05, 4.69) is 36.5 Å². The number of aromatic carboxylic acids is 1. The summed E-state index contributed by atoms with van der Waals surface area (Å²) in [7, 11) is 0. The zero-order valence-electron chi connectivity index (χ0n) is 21.5. The minimum absolute atomic E-state index is 0.00377. The van der Waals surface area contributed by atoms with Crippen molar-refractivity contribution >= 4 is 63.3 Å². The van der Waals surface area contributed by atoms with Crippen LogP contribution in [0, 0.1) is 0 Å². The molecule has 0 radical (unpaired) electrons. The molecule has 212 valence electrons. The quantitative estimate of drug-likeness (QED) is 0.116. The van der Waals surface area contributed by atoms with Crippen LogP contribution in [0.3, 0.4) is 0 Å². The molecule has 0 aliphatic rings. The molecule has 0 unspecified atom stereocenters. The molecular formula is C27H22ClN9O5. The minimum Gasteiger partial charge on any atom is -0.477 e. The van der Waals surface area contributed by atoms with Crippen LogP contribution in [0.15, 0.2) is 73.1 Å². The van der Waals surface area contributed by atoms with Crippen molar-refractivity contribution in [1.82, 2.24) is 30.5 Å². The summed E-state index contributed by atoms with van der Waals surface area (Å²) in [5.41, 5.74) is 8.40. The number of hydrogen-bond acceptors (Lipinski definition) is 8. The molecular weight excluding hydrogens is 566 g/mol. The number of benzene rings is 3. The highest BCUT2D eigenvalue weighted by atomic mass is 35.5. The van der Waals surface area contributed by atoms with E-state index in [4.69, 9.17) is 17.3 Å². The molecule has 0 aliphatic heterocycles. The van der Waals surface area contributed by atoms with E-state index in [1.54, 1.807) is 54.6 Å². The summed E-state index contributed by atoms with van der Waals surface area (Å²) >= 11 is 6.09. The van der Waals surface area contributed by atoms with E-state index in [1.807, 2.05) is 0 Å². The van der Waals surface area contributed by atoms with E-state index < -0.39 is 29.7 Å². The van der Waals surface area contributed by atoms with Crippen molar-refractivity contribution in [1.29, 1.82) is 0 Å². The first-order valence-electron chi connectivity index (χ1n) is 12.3. The Morgan fingerprint density at radius 2 is 1.76 bits per heavy atom. The number of rotatable bonds is 8. The SMILES string of the molecule is Nc1ccc(C[C@H](NC(=O)C(=O)Nc2cc(Cl)ccc2-n2cnnn2)C(=O)Nc2ccc3[nH]c(C(=O)O)cc3c2)cc1. The van der Waals surface area contributed by atoms with Crippen LogP contribution in [-0.4, -0.2) is 60.0 Å². The molecule has 7 N–H and O–H groups in total. The highest BCUT2D eigenvalue weighted by Gasteiger charge is 2.26. The van der Waals surface area contributed by atoms with E-state index in [1.165, 1.54) is 23.1 Å². The van der Waals surface area contributed by atoms with Crippen LogP contribution in [0.4, 0.5) is 17.1 Å². The largest absolute Gasteiger partial charge is 0.477 e. The second-order valence-corrected chi connectivity index (χ2v) is 9.56. The Bertz CT molecular complexity index is 1800. The van der Waals surface area contributed by atoms with Crippen molar-refractivity contribution < 1.29 is 24.3 Å². The molecule has 3 amide bonds. The number of nitrogens with one attached hydrogen (secondary N) is 4. The van der Waals surface area contributed by atoms with Gasteiger partial charge < -0.3 is 31.8 Å². The number of nitrogen functional groups attached to an aromatic ring is 1. The van der Waals surface area contributed by atoms with Gasteiger partial charge in [-0.15, -0.1) is 5.10 Å². The predicted molar refractivity (Wildman–Crippen MR) is 153 cm³/mol. The van der Waals surface area contributed by atoms with Crippen LogP contribution in [0.5, 0.6) is 0 Å². The molecule has 5 rings (SSSR count). The van der Waals surface area contributed by atoms with Gasteiger partial charge in [0.2, 0.25) is 5.91 Å². The van der Waals surface area contributed by atoms with Gasteiger partial charge in [-0.2, -0.15) is 4.68 Å². The average molecular weight is 588 g/mol. The number of carbonyl (C=O) groups excluding carboxylic acids is 3. The van der Waals surface area contributed by atoms with Gasteiger partial charge in [-0.25, -0.2) is 4.79 Å². The summed E-state index contributed by atoms with van der Waals surface area (Å²) in [6, 6.07) is 16.3. The van der Waals surface area contributed by atoms with Gasteiger partial charge in [-0.1, -0.05) is 23.7 Å². The molecule has 1 atom stereocenters. The maximum absolute atomic E-state index is 13.4. The van der Waals surface area contributed by atoms with Gasteiger partial charge in [0.25, 0.3) is 0 Å². The number of amides is 3. The third kappa shape index (κ3) is 6.34. The van der Waals surface area contributed by atoms with Crippen molar-refractivity contribution in [2.24, 2.45) is 0 Å². The summed E-state index contributed by atoms with van der Waals surface area (Å²) in [6.45, 7) is 0. The number of aromatic nitrogens is 5. The molecule has 3 aromatic carbocycles. The number of fused-ring (bicyclic) bond motifs is 1. The van der Waals surface area contributed by atoms with Crippen LogP contribution in [0.2, 0.25) is 5.02 Å². The first kappa shape index (κ1) is 27.8. The third-order valence-corrected chi connectivity index (χ3v) is 6.40. The normalized spacial score (nSPS) is 11.5. The number of carboxylic acid groups (broad SMARTS) is 1. The first-order chi connectivity index (χ1) is 20.2. The molecule has 5 aromatic rings. The van der Waals surface area contributed by atoms with Crippen molar-refractivity contribution in [2.75, 3.05) is 16.4 Å². The molecule has 42 heavy (non-hydrogen) atoms. The predicted octanol–water partition coefficient (Wildman–Crippen LogP) is 2.38. The smallest absolute Gasteiger partial charge is 0.352 e. The lowest BCUT2D eigenvalue weighted by molar-refractivity contribution is -0.137. The Morgan fingerprint density at radius 3 is 2.48 bits per heavy atom. The molecule has 15 heteroatoms. The lowest BCUT2D eigenvalue weighted by Gasteiger charge is -2.19. The molecule has 0 aliphatic carbocycles. The summed E-state index contributed by atoms with van der Waals surface area (Å²) in [4.78, 5) is 53.4. The topological polar surface area (TPSA) is 210 Å². The highest BCUT2D eigenvalue weighted by Crippen LogP contribution is 2.24. The number of halogens is 1. The van der Waals surface area contributed by atoms with Crippen molar-refractivity contribution in [2.45, 2.75) is 12.5 Å². The molecule has 0 bridgehead atoms. The van der Waals surface area contributed by atoms with Crippen LogP contribution in [0.1, 0.15) is 16.1 Å². The summed E-state index contributed by atoms with van der Waals surface area (Å²) < 4.78 is 1.28. The number of carbonyl (C=O) groups is 4. The van der Waals surface area contributed by atoms with E-state index in [0.717, 1.165) is 0 Å². The van der Waals surface area contributed by atoms with Gasteiger partial charge in [0, 0.05) is 33.7 Å². The number of H-pyrrole nitrogens is 1. The van der Waals surface area contributed by atoms with Crippen LogP contribution < -0.4 is 21.7 Å². The van der Waals surface area contributed by atoms with E-state index >= 15 is 0 Å². The minimum atomic E-state index is -1.18. The summed E-state index contributed by atoms with van der Waals surface area (Å²) in [5, 5.41) is 28.7. The molecule has 0 fully saturated rings. The molecule has 2 aromatic heterocycles.